The first-order valence-electron chi connectivity index (χ1n) is 7.98. The molecule has 0 atom stereocenters. The molecule has 1 aliphatic rings. The Morgan fingerprint density at radius 3 is 2.62 bits per heavy atom. The molecular weight excluding hydrogens is 378 g/mol. The second kappa shape index (κ2) is 7.65. The number of ether oxygens (including phenoxy) is 2. The number of benzene rings is 2. The van der Waals surface area contributed by atoms with E-state index in [4.69, 9.17) is 16.3 Å². The van der Waals surface area contributed by atoms with Gasteiger partial charge in [-0.1, -0.05) is 29.8 Å². The van der Waals surface area contributed by atoms with Crippen LogP contribution in [-0.2, 0) is 32.6 Å². The molecule has 3 rings (SSSR count). The lowest BCUT2D eigenvalue weighted by Crippen LogP contribution is -2.34. The third-order valence-electron chi connectivity index (χ3n) is 4.09. The first-order chi connectivity index (χ1) is 12.4. The predicted octanol–water partition coefficient (Wildman–Crippen LogP) is 3.34. The van der Waals surface area contributed by atoms with Crippen molar-refractivity contribution in [1.29, 1.82) is 0 Å². The number of nitrogens with zero attached hydrogens (tertiary/aromatic N) is 1. The molecule has 2 aromatic carbocycles. The molecule has 0 bridgehead atoms. The third kappa shape index (κ3) is 4.17. The van der Waals surface area contributed by atoms with Crippen LogP contribution in [-0.4, -0.2) is 31.6 Å². The molecule has 1 heterocycles. The molecule has 2 aromatic rings. The zero-order chi connectivity index (χ0) is 18.7. The topological polar surface area (TPSA) is 72.9 Å². The van der Waals surface area contributed by atoms with Crippen LogP contribution in [0.2, 0.25) is 5.02 Å². The van der Waals surface area contributed by atoms with Crippen molar-refractivity contribution in [3.63, 3.8) is 0 Å². The van der Waals surface area contributed by atoms with Gasteiger partial charge in [-0.2, -0.15) is 4.31 Å². The average Bonchev–Trinajstić information content (AvgIpc) is 2.60. The number of carbonyl (C=O) groups is 1. The van der Waals surface area contributed by atoms with E-state index in [0.29, 0.717) is 22.1 Å². The van der Waals surface area contributed by atoms with Gasteiger partial charge in [0.25, 0.3) is 0 Å². The Labute approximate surface area is 157 Å². The lowest BCUT2D eigenvalue weighted by atomic mass is 10.1. The Morgan fingerprint density at radius 1 is 1.15 bits per heavy atom. The molecule has 1 aliphatic heterocycles. The van der Waals surface area contributed by atoms with E-state index in [1.165, 1.54) is 11.4 Å². The van der Waals surface area contributed by atoms with Crippen LogP contribution in [0.15, 0.2) is 42.5 Å². The summed E-state index contributed by atoms with van der Waals surface area (Å²) in [5.41, 5.74) is 1.41. The minimum absolute atomic E-state index is 0.105. The number of hydrogen-bond donors (Lipinski definition) is 0. The van der Waals surface area contributed by atoms with Gasteiger partial charge in [0.1, 0.15) is 11.5 Å². The van der Waals surface area contributed by atoms with Gasteiger partial charge < -0.3 is 9.47 Å². The van der Waals surface area contributed by atoms with Crippen LogP contribution in [0.25, 0.3) is 0 Å². The largest absolute Gasteiger partial charge is 0.469 e. The standard InChI is InChI=1S/C18H18ClNO5S/c1-24-18(21)8-9-26(22,23)20-11-13-4-2-3-5-16(13)25-17-7-6-15(19)10-14(17)12-20/h2-7,10H,8-9,11-12H2,1H3. The first-order valence-corrected chi connectivity index (χ1v) is 9.96. The van der Waals surface area contributed by atoms with Crippen molar-refractivity contribution in [3.8, 4) is 11.5 Å². The summed E-state index contributed by atoms with van der Waals surface area (Å²) in [5, 5.41) is 0.494. The Kier molecular flexibility index (Phi) is 5.50. The first kappa shape index (κ1) is 18.7. The molecule has 0 amide bonds. The summed E-state index contributed by atoms with van der Waals surface area (Å²) in [7, 11) is -2.46. The highest BCUT2D eigenvalue weighted by Gasteiger charge is 2.28. The molecule has 0 saturated heterocycles. The third-order valence-corrected chi connectivity index (χ3v) is 6.09. The van der Waals surface area contributed by atoms with E-state index in [1.54, 1.807) is 24.3 Å². The molecule has 26 heavy (non-hydrogen) atoms. The summed E-state index contributed by atoms with van der Waals surface area (Å²) >= 11 is 6.07. The minimum Gasteiger partial charge on any atom is -0.469 e. The molecule has 0 saturated carbocycles. The molecule has 138 valence electrons. The minimum atomic E-state index is -3.69. The maximum absolute atomic E-state index is 12.8. The second-order valence-corrected chi connectivity index (χ2v) is 8.40. The van der Waals surface area contributed by atoms with Crippen molar-refractivity contribution in [2.75, 3.05) is 12.9 Å². The lowest BCUT2D eigenvalue weighted by molar-refractivity contribution is -0.140. The van der Waals surface area contributed by atoms with Crippen molar-refractivity contribution >= 4 is 27.6 Å². The van der Waals surface area contributed by atoms with Gasteiger partial charge in [0.2, 0.25) is 10.0 Å². The number of carbonyl (C=O) groups excluding carboxylic acids is 1. The Hall–Kier alpha value is -2.09. The summed E-state index contributed by atoms with van der Waals surface area (Å²) in [4.78, 5) is 11.4. The zero-order valence-corrected chi connectivity index (χ0v) is 15.7. The van der Waals surface area contributed by atoms with Crippen molar-refractivity contribution in [3.05, 3.63) is 58.6 Å². The molecule has 0 spiro atoms. The van der Waals surface area contributed by atoms with Crippen LogP contribution in [0, 0.1) is 0 Å². The van der Waals surface area contributed by atoms with Gasteiger partial charge in [-0.05, 0) is 24.3 Å². The lowest BCUT2D eigenvalue weighted by Gasteiger charge is -2.27. The van der Waals surface area contributed by atoms with Gasteiger partial charge in [-0.3, -0.25) is 4.79 Å². The summed E-state index contributed by atoms with van der Waals surface area (Å²) in [6, 6.07) is 12.4. The number of rotatable bonds is 4. The van der Waals surface area contributed by atoms with E-state index >= 15 is 0 Å². The maximum atomic E-state index is 12.8. The molecule has 0 radical (unpaired) electrons. The fraction of sp³-hybridized carbons (Fsp3) is 0.278. The molecular formula is C18H18ClNO5S. The number of methoxy groups -OCH3 is 1. The average molecular weight is 396 g/mol. The van der Waals surface area contributed by atoms with E-state index in [1.807, 2.05) is 18.2 Å². The number of fused-ring (bicyclic) bond motifs is 2. The fourth-order valence-corrected chi connectivity index (χ4v) is 4.25. The van der Waals surface area contributed by atoms with Gasteiger partial charge in [-0.15, -0.1) is 0 Å². The van der Waals surface area contributed by atoms with E-state index in [0.717, 1.165) is 5.56 Å². The molecule has 6 nitrogen and oxygen atoms in total. The van der Waals surface area contributed by atoms with Crippen molar-refractivity contribution < 1.29 is 22.7 Å². The van der Waals surface area contributed by atoms with Gasteiger partial charge in [0.15, 0.2) is 0 Å². The van der Waals surface area contributed by atoms with Crippen LogP contribution < -0.4 is 4.74 Å². The highest BCUT2D eigenvalue weighted by molar-refractivity contribution is 7.89. The monoisotopic (exact) mass is 395 g/mol. The summed E-state index contributed by atoms with van der Waals surface area (Å²) in [6.45, 7) is 0.249. The Morgan fingerprint density at radius 2 is 1.85 bits per heavy atom. The van der Waals surface area contributed by atoms with Crippen molar-refractivity contribution in [1.82, 2.24) is 4.31 Å². The number of para-hydroxylation sites is 1. The number of hydrogen-bond acceptors (Lipinski definition) is 5. The van der Waals surface area contributed by atoms with Crippen molar-refractivity contribution in [2.45, 2.75) is 19.5 Å². The molecule has 0 N–H and O–H groups in total. The predicted molar refractivity (Wildman–Crippen MR) is 97.6 cm³/mol. The smallest absolute Gasteiger partial charge is 0.306 e. The number of halogens is 1. The molecule has 0 aromatic heterocycles. The van der Waals surface area contributed by atoms with Crippen LogP contribution in [0.1, 0.15) is 17.5 Å². The van der Waals surface area contributed by atoms with Crippen LogP contribution in [0.4, 0.5) is 0 Å². The Bertz CT molecular complexity index is 929. The van der Waals surface area contributed by atoms with Crippen LogP contribution >= 0.6 is 11.6 Å². The SMILES string of the molecule is COC(=O)CCS(=O)(=O)N1Cc2ccccc2Oc2ccc(Cl)cc2C1. The second-order valence-electron chi connectivity index (χ2n) is 5.87. The van der Waals surface area contributed by atoms with Crippen LogP contribution in [0.3, 0.4) is 0 Å². The van der Waals surface area contributed by atoms with Crippen molar-refractivity contribution in [2.24, 2.45) is 0 Å². The molecule has 0 unspecified atom stereocenters. The van der Waals surface area contributed by atoms with Crippen LogP contribution in [0.5, 0.6) is 11.5 Å². The highest BCUT2D eigenvalue weighted by atomic mass is 35.5. The van der Waals surface area contributed by atoms with Gasteiger partial charge in [0, 0.05) is 29.2 Å². The van der Waals surface area contributed by atoms with E-state index in [9.17, 15) is 13.2 Å². The maximum Gasteiger partial charge on any atom is 0.306 e. The summed E-state index contributed by atoms with van der Waals surface area (Å²) in [5.74, 6) is 0.255. The normalized spacial score (nSPS) is 14.4. The van der Waals surface area contributed by atoms with Gasteiger partial charge >= 0.3 is 5.97 Å². The number of sulfonamides is 1. The molecule has 0 aliphatic carbocycles. The van der Waals surface area contributed by atoms with Gasteiger partial charge in [-0.25, -0.2) is 8.42 Å². The number of esters is 1. The van der Waals surface area contributed by atoms with E-state index in [-0.39, 0.29) is 25.3 Å². The zero-order valence-electron chi connectivity index (χ0n) is 14.1. The molecule has 8 heteroatoms. The van der Waals surface area contributed by atoms with E-state index in [2.05, 4.69) is 4.74 Å². The summed E-state index contributed by atoms with van der Waals surface area (Å²) < 4.78 is 37.5. The summed E-state index contributed by atoms with van der Waals surface area (Å²) in [6.07, 6.45) is -0.199. The van der Waals surface area contributed by atoms with E-state index < -0.39 is 16.0 Å². The quantitative estimate of drug-likeness (QED) is 0.742. The van der Waals surface area contributed by atoms with Gasteiger partial charge in [0.05, 0.1) is 19.3 Å². The highest BCUT2D eigenvalue weighted by Crippen LogP contribution is 2.35. The fourth-order valence-electron chi connectivity index (χ4n) is 2.70. The molecule has 0 fully saturated rings. The Balaban J connectivity index is 1.99.